The second-order valence-electron chi connectivity index (χ2n) is 9.34. The van der Waals surface area contributed by atoms with Crippen molar-refractivity contribution >= 4 is 28.4 Å². The molecule has 4 aromatic rings. The first kappa shape index (κ1) is 20.9. The Kier molecular flexibility index (Phi) is 5.49. The van der Waals surface area contributed by atoms with Gasteiger partial charge in [-0.15, -0.1) is 0 Å². The fourth-order valence-corrected chi connectivity index (χ4v) is 5.43. The number of hydrogen-bond donors (Lipinski definition) is 1. The van der Waals surface area contributed by atoms with Gasteiger partial charge in [-0.3, -0.25) is 9.36 Å². The highest BCUT2D eigenvalue weighted by Crippen LogP contribution is 2.33. The molecule has 1 fully saturated rings. The molecule has 1 saturated heterocycles. The number of rotatable bonds is 4. The van der Waals surface area contributed by atoms with Gasteiger partial charge in [0.1, 0.15) is 5.65 Å². The van der Waals surface area contributed by atoms with E-state index < -0.39 is 0 Å². The Morgan fingerprint density at radius 1 is 0.882 bits per heavy atom. The molecule has 0 amide bonds. The Bertz CT molecular complexity index is 1370. The molecule has 0 bridgehead atoms. The molecule has 1 aliphatic heterocycles. The molecule has 2 aromatic heterocycles. The molecule has 34 heavy (non-hydrogen) atoms. The maximum absolute atomic E-state index is 13.1. The zero-order chi connectivity index (χ0) is 22.9. The third-order valence-corrected chi connectivity index (χ3v) is 7.16. The van der Waals surface area contributed by atoms with Crippen LogP contribution in [0.2, 0.25) is 0 Å². The Morgan fingerprint density at radius 2 is 1.71 bits per heavy atom. The lowest BCUT2D eigenvalue weighted by Crippen LogP contribution is -2.29. The van der Waals surface area contributed by atoms with Gasteiger partial charge in [-0.25, -0.2) is 4.98 Å². The lowest BCUT2D eigenvalue weighted by atomic mass is 9.87. The summed E-state index contributed by atoms with van der Waals surface area (Å²) >= 11 is 0. The topological polar surface area (TPSA) is 63.1 Å². The number of anilines is 3. The van der Waals surface area contributed by atoms with E-state index in [4.69, 9.17) is 4.98 Å². The number of aromatic nitrogens is 3. The second-order valence-corrected chi connectivity index (χ2v) is 9.34. The van der Waals surface area contributed by atoms with Crippen molar-refractivity contribution in [2.24, 2.45) is 0 Å². The van der Waals surface area contributed by atoms with Crippen molar-refractivity contribution in [2.75, 3.05) is 23.3 Å². The number of benzene rings is 2. The van der Waals surface area contributed by atoms with Crippen molar-refractivity contribution in [3.63, 3.8) is 0 Å². The first-order chi connectivity index (χ1) is 16.8. The van der Waals surface area contributed by atoms with E-state index in [9.17, 15) is 4.79 Å². The van der Waals surface area contributed by atoms with E-state index in [0.29, 0.717) is 11.6 Å². The van der Waals surface area contributed by atoms with E-state index in [0.717, 1.165) is 43.4 Å². The van der Waals surface area contributed by atoms with Crippen LogP contribution in [0.4, 0.5) is 17.3 Å². The molecule has 1 unspecified atom stereocenters. The Hall–Kier alpha value is -3.67. The zero-order valence-corrected chi connectivity index (χ0v) is 19.3. The van der Waals surface area contributed by atoms with Crippen LogP contribution in [0.25, 0.3) is 11.0 Å². The highest BCUT2D eigenvalue weighted by atomic mass is 16.1. The largest absolute Gasteiger partial charge is 0.372 e. The van der Waals surface area contributed by atoms with Crippen LogP contribution in [0.3, 0.4) is 0 Å². The summed E-state index contributed by atoms with van der Waals surface area (Å²) in [6, 6.07) is 20.4. The molecule has 1 atom stereocenters. The van der Waals surface area contributed by atoms with Gasteiger partial charge in [0, 0.05) is 42.1 Å². The van der Waals surface area contributed by atoms with Crippen LogP contribution in [-0.2, 0) is 6.42 Å². The zero-order valence-electron chi connectivity index (χ0n) is 19.3. The third kappa shape index (κ3) is 3.94. The summed E-state index contributed by atoms with van der Waals surface area (Å²) in [5.74, 6) is 0.502. The molecule has 1 aliphatic carbocycles. The van der Waals surface area contributed by atoms with E-state index in [1.807, 2.05) is 10.6 Å². The number of hydrogen-bond acceptors (Lipinski definition) is 5. The average Bonchev–Trinajstić information content (AvgIpc) is 2.89. The number of piperidine rings is 1. The Morgan fingerprint density at radius 3 is 2.56 bits per heavy atom. The monoisotopic (exact) mass is 451 g/mol. The van der Waals surface area contributed by atoms with E-state index in [2.05, 4.69) is 63.7 Å². The van der Waals surface area contributed by atoms with E-state index in [1.54, 1.807) is 12.3 Å². The van der Waals surface area contributed by atoms with Gasteiger partial charge in [0.2, 0.25) is 5.95 Å². The third-order valence-electron chi connectivity index (χ3n) is 7.16. The number of fused-ring (bicyclic) bond motifs is 2. The van der Waals surface area contributed by atoms with Crippen molar-refractivity contribution in [1.29, 1.82) is 0 Å². The molecule has 1 N–H and O–H groups in total. The van der Waals surface area contributed by atoms with Crippen LogP contribution < -0.4 is 15.8 Å². The minimum Gasteiger partial charge on any atom is -0.372 e. The van der Waals surface area contributed by atoms with Crippen LogP contribution in [0.15, 0.2) is 71.7 Å². The molecule has 2 aliphatic rings. The van der Waals surface area contributed by atoms with Crippen molar-refractivity contribution < 1.29 is 0 Å². The van der Waals surface area contributed by atoms with Crippen LogP contribution in [0, 0.1) is 0 Å². The van der Waals surface area contributed by atoms with Gasteiger partial charge in [0.25, 0.3) is 5.56 Å². The van der Waals surface area contributed by atoms with Gasteiger partial charge < -0.3 is 10.2 Å². The molecule has 3 heterocycles. The molecule has 2 aromatic carbocycles. The quantitative estimate of drug-likeness (QED) is 0.447. The van der Waals surface area contributed by atoms with Gasteiger partial charge in [0.15, 0.2) is 0 Å². The van der Waals surface area contributed by atoms with Crippen LogP contribution in [-0.4, -0.2) is 27.6 Å². The predicted molar refractivity (Wildman–Crippen MR) is 137 cm³/mol. The standard InChI is InChI=1S/C28H29N5O/c34-26-16-11-21-19-29-28(30-22-12-14-23(15-13-22)32-17-4-1-5-18-32)31-27(21)33(26)25-10-6-8-20-7-2-3-9-24(20)25/h2-3,7,9,11-16,19,25H,1,4-6,8,10,17-18H2,(H,29,30,31). The number of nitrogens with zero attached hydrogens (tertiary/aromatic N) is 4. The van der Waals surface area contributed by atoms with E-state index in [-0.39, 0.29) is 11.6 Å². The molecule has 0 spiro atoms. The number of nitrogens with one attached hydrogen (secondary N) is 1. The van der Waals surface area contributed by atoms with Crippen molar-refractivity contribution in [1.82, 2.24) is 14.5 Å². The summed E-state index contributed by atoms with van der Waals surface area (Å²) in [4.78, 5) is 24.9. The van der Waals surface area contributed by atoms with Gasteiger partial charge in [-0.1, -0.05) is 24.3 Å². The fourth-order valence-electron chi connectivity index (χ4n) is 5.43. The van der Waals surface area contributed by atoms with Crippen LogP contribution in [0.1, 0.15) is 49.3 Å². The van der Waals surface area contributed by atoms with Gasteiger partial charge in [0.05, 0.1) is 6.04 Å². The summed E-state index contributed by atoms with van der Waals surface area (Å²) in [7, 11) is 0. The summed E-state index contributed by atoms with van der Waals surface area (Å²) in [6.45, 7) is 2.25. The summed E-state index contributed by atoms with van der Waals surface area (Å²) in [5, 5.41) is 4.21. The van der Waals surface area contributed by atoms with Gasteiger partial charge >= 0.3 is 0 Å². The Balaban J connectivity index is 1.33. The molecular formula is C28H29N5O. The predicted octanol–water partition coefficient (Wildman–Crippen LogP) is 5.45. The first-order valence-electron chi connectivity index (χ1n) is 12.3. The molecule has 6 heteroatoms. The van der Waals surface area contributed by atoms with Crippen molar-refractivity contribution in [3.05, 3.63) is 88.3 Å². The normalized spacial score (nSPS) is 18.0. The summed E-state index contributed by atoms with van der Waals surface area (Å²) < 4.78 is 1.86. The highest BCUT2D eigenvalue weighted by Gasteiger charge is 2.24. The van der Waals surface area contributed by atoms with E-state index in [1.165, 1.54) is 36.1 Å². The molecule has 0 radical (unpaired) electrons. The van der Waals surface area contributed by atoms with Crippen LogP contribution in [0.5, 0.6) is 0 Å². The maximum Gasteiger partial charge on any atom is 0.252 e. The average molecular weight is 452 g/mol. The fraction of sp³-hybridized carbons (Fsp3) is 0.321. The van der Waals surface area contributed by atoms with Crippen molar-refractivity contribution in [3.8, 4) is 0 Å². The molecule has 172 valence electrons. The minimum absolute atomic E-state index is 0.00673. The summed E-state index contributed by atoms with van der Waals surface area (Å²) in [6.07, 6.45) is 8.70. The minimum atomic E-state index is -0.0234. The van der Waals surface area contributed by atoms with Crippen molar-refractivity contribution in [2.45, 2.75) is 44.6 Å². The molecule has 6 rings (SSSR count). The number of aryl methyl sites for hydroxylation is 1. The van der Waals surface area contributed by atoms with E-state index >= 15 is 0 Å². The number of pyridine rings is 1. The van der Waals surface area contributed by atoms with Gasteiger partial charge in [-0.2, -0.15) is 4.98 Å². The first-order valence-corrected chi connectivity index (χ1v) is 12.3. The van der Waals surface area contributed by atoms with Crippen LogP contribution >= 0.6 is 0 Å². The SMILES string of the molecule is O=c1ccc2cnc(Nc3ccc(N4CCCCC4)cc3)nc2n1C1CCCc2ccccc21. The molecule has 6 nitrogen and oxygen atoms in total. The highest BCUT2D eigenvalue weighted by molar-refractivity contribution is 5.76. The maximum atomic E-state index is 13.1. The van der Waals surface area contributed by atoms with Gasteiger partial charge in [-0.05, 0) is 80.0 Å². The lowest BCUT2D eigenvalue weighted by molar-refractivity contribution is 0.488. The second kappa shape index (κ2) is 8.93. The summed E-state index contributed by atoms with van der Waals surface area (Å²) in [5.41, 5.74) is 5.40. The molecule has 0 saturated carbocycles. The smallest absolute Gasteiger partial charge is 0.252 e. The lowest BCUT2D eigenvalue weighted by Gasteiger charge is -2.29. The molecular weight excluding hydrogens is 422 g/mol. The Labute approximate surface area is 199 Å².